The lowest BCUT2D eigenvalue weighted by molar-refractivity contribution is -0.000902. The molecule has 172 valence electrons. The fraction of sp³-hybridized carbons (Fsp3) is 0.348. The highest BCUT2D eigenvalue weighted by atomic mass is 35.5. The summed E-state index contributed by atoms with van der Waals surface area (Å²) < 4.78 is 7.30. The van der Waals surface area contributed by atoms with Crippen molar-refractivity contribution in [2.24, 2.45) is 0 Å². The number of nitrogens with zero attached hydrogens (tertiary/aromatic N) is 2. The Balaban J connectivity index is 1.43. The van der Waals surface area contributed by atoms with E-state index in [2.05, 4.69) is 15.7 Å². The second kappa shape index (κ2) is 8.43. The van der Waals surface area contributed by atoms with Crippen molar-refractivity contribution in [3.05, 3.63) is 52.1 Å². The minimum absolute atomic E-state index is 0.344. The lowest BCUT2D eigenvalue weighted by atomic mass is 9.77. The van der Waals surface area contributed by atoms with Gasteiger partial charge in [-0.05, 0) is 49.9 Å². The third-order valence-corrected chi connectivity index (χ3v) is 6.92. The quantitative estimate of drug-likeness (QED) is 0.397. The van der Waals surface area contributed by atoms with Crippen molar-refractivity contribution in [3.63, 3.8) is 0 Å². The molecule has 1 fully saturated rings. The van der Waals surface area contributed by atoms with Crippen LogP contribution in [0.15, 0.2) is 36.5 Å². The van der Waals surface area contributed by atoms with Gasteiger partial charge in [0.2, 0.25) is 0 Å². The van der Waals surface area contributed by atoms with E-state index in [4.69, 9.17) is 27.9 Å². The molecule has 1 aliphatic carbocycles. The van der Waals surface area contributed by atoms with Crippen molar-refractivity contribution in [2.75, 3.05) is 5.32 Å². The summed E-state index contributed by atoms with van der Waals surface area (Å²) in [5, 5.41) is 20.5. The second-order valence-electron chi connectivity index (χ2n) is 8.58. The van der Waals surface area contributed by atoms with E-state index in [0.29, 0.717) is 38.8 Å². The fourth-order valence-electron chi connectivity index (χ4n) is 4.95. The van der Waals surface area contributed by atoms with Crippen molar-refractivity contribution < 1.29 is 19.4 Å². The van der Waals surface area contributed by atoms with Crippen LogP contribution in [-0.4, -0.2) is 32.6 Å². The number of ether oxygens (including phenoxy) is 1. The molecule has 2 heterocycles. The number of fused-ring (bicyclic) bond motifs is 2. The normalized spacial score (nSPS) is 19.0. The number of nitrogens with one attached hydrogen (secondary N) is 2. The van der Waals surface area contributed by atoms with Crippen LogP contribution in [-0.2, 0) is 0 Å². The molecule has 0 bridgehead atoms. The Kier molecular flexibility index (Phi) is 5.58. The molecule has 2 aromatic carbocycles. The molecular formula is C23H22Cl2N4O4. The predicted molar refractivity (Wildman–Crippen MR) is 126 cm³/mol. The first-order valence-corrected chi connectivity index (χ1v) is 11.6. The van der Waals surface area contributed by atoms with E-state index in [1.165, 1.54) is 12.6 Å². The number of carbonyl (C=O) groups excluding carboxylic acids is 1. The number of carboxylic acid groups (broad SMARTS) is 1. The van der Waals surface area contributed by atoms with Gasteiger partial charge in [-0.1, -0.05) is 35.7 Å². The number of hydrogen-bond acceptors (Lipinski definition) is 4. The van der Waals surface area contributed by atoms with Crippen molar-refractivity contribution in [3.8, 4) is 5.75 Å². The summed E-state index contributed by atoms with van der Waals surface area (Å²) in [6.07, 6.45) is 5.93. The number of hydrogen-bond donors (Lipinski definition) is 3. The lowest BCUT2D eigenvalue weighted by Crippen LogP contribution is -2.47. The Hall–Kier alpha value is -2.97. The van der Waals surface area contributed by atoms with Gasteiger partial charge in [0, 0.05) is 22.4 Å². The molecule has 2 amide bonds. The zero-order valence-corrected chi connectivity index (χ0v) is 19.1. The summed E-state index contributed by atoms with van der Waals surface area (Å²) in [4.78, 5) is 24.4. The highest BCUT2D eigenvalue weighted by Gasteiger charge is 2.43. The first-order valence-electron chi connectivity index (χ1n) is 10.8. The van der Waals surface area contributed by atoms with Gasteiger partial charge in [-0.3, -0.25) is 0 Å². The zero-order chi connectivity index (χ0) is 23.2. The fourth-order valence-corrected chi connectivity index (χ4v) is 5.49. The molecule has 1 unspecified atom stereocenters. The third-order valence-electron chi connectivity index (χ3n) is 6.42. The maximum absolute atomic E-state index is 13.0. The molecular weight excluding hydrogens is 467 g/mol. The maximum atomic E-state index is 13.0. The van der Waals surface area contributed by atoms with Crippen LogP contribution in [0.1, 0.15) is 50.1 Å². The highest BCUT2D eigenvalue weighted by molar-refractivity contribution is 6.35. The summed E-state index contributed by atoms with van der Waals surface area (Å²) in [5.74, 6) is 0.573. The second-order valence-corrected chi connectivity index (χ2v) is 9.43. The summed E-state index contributed by atoms with van der Waals surface area (Å²) in [5.41, 5.74) is 1.22. The number of carbonyl (C=O) groups is 2. The number of aromatic nitrogens is 2. The van der Waals surface area contributed by atoms with E-state index >= 15 is 0 Å². The summed E-state index contributed by atoms with van der Waals surface area (Å²) in [6.45, 7) is 0. The van der Waals surface area contributed by atoms with Crippen LogP contribution in [0.4, 0.5) is 15.3 Å². The first-order chi connectivity index (χ1) is 15.8. The number of amides is 2. The van der Waals surface area contributed by atoms with Gasteiger partial charge in [0.25, 0.3) is 0 Å². The number of benzene rings is 2. The molecule has 1 aromatic heterocycles. The van der Waals surface area contributed by atoms with Crippen LogP contribution in [0.3, 0.4) is 0 Å². The molecule has 1 aliphatic heterocycles. The van der Waals surface area contributed by atoms with Crippen LogP contribution in [0.2, 0.25) is 10.0 Å². The van der Waals surface area contributed by atoms with Gasteiger partial charge >= 0.3 is 12.1 Å². The monoisotopic (exact) mass is 488 g/mol. The molecule has 10 heteroatoms. The van der Waals surface area contributed by atoms with Crippen molar-refractivity contribution >= 4 is 51.9 Å². The van der Waals surface area contributed by atoms with Crippen LogP contribution >= 0.6 is 23.2 Å². The summed E-state index contributed by atoms with van der Waals surface area (Å²) in [6, 6.07) is 7.66. The van der Waals surface area contributed by atoms with Crippen molar-refractivity contribution in [1.29, 1.82) is 0 Å². The molecule has 0 saturated heterocycles. The minimum Gasteiger partial charge on any atom is -0.485 e. The van der Waals surface area contributed by atoms with E-state index in [1.54, 1.807) is 30.3 Å². The van der Waals surface area contributed by atoms with Crippen LogP contribution < -0.4 is 15.4 Å². The van der Waals surface area contributed by atoms with E-state index < -0.39 is 12.1 Å². The Morgan fingerprint density at radius 1 is 1.18 bits per heavy atom. The third kappa shape index (κ3) is 4.09. The zero-order valence-electron chi connectivity index (χ0n) is 17.6. The molecule has 3 aromatic rings. The van der Waals surface area contributed by atoms with Gasteiger partial charge in [-0.25, -0.2) is 9.59 Å². The average Bonchev–Trinajstić information content (AvgIpc) is 3.21. The Morgan fingerprint density at radius 2 is 1.97 bits per heavy atom. The smallest absolute Gasteiger partial charge is 0.432 e. The Bertz CT molecular complexity index is 1250. The average molecular weight is 489 g/mol. The first kappa shape index (κ1) is 21.9. The van der Waals surface area contributed by atoms with Gasteiger partial charge in [0.15, 0.2) is 0 Å². The summed E-state index contributed by atoms with van der Waals surface area (Å²) in [7, 11) is 0. The van der Waals surface area contributed by atoms with Crippen molar-refractivity contribution in [1.82, 2.24) is 15.1 Å². The number of rotatable bonds is 2. The number of urea groups is 1. The Morgan fingerprint density at radius 3 is 2.73 bits per heavy atom. The standard InChI is InChI=1S/C23H22Cl2N4O4/c24-13-9-14-18(11-23(7-2-1-3-8-23)33-20(14)16(25)10-13)28-21(30)27-17-5-4-6-19-15(17)12-26-29(19)22(31)32/h4-6,9-10,12,18H,1-3,7-8,11H2,(H,31,32)(H2,27,28,30). The molecule has 0 radical (unpaired) electrons. The van der Waals surface area contributed by atoms with Gasteiger partial charge in [0.1, 0.15) is 11.4 Å². The van der Waals surface area contributed by atoms with E-state index in [0.717, 1.165) is 35.9 Å². The van der Waals surface area contributed by atoms with Crippen LogP contribution in [0.25, 0.3) is 10.9 Å². The largest absolute Gasteiger partial charge is 0.485 e. The minimum atomic E-state index is -1.20. The molecule has 3 N–H and O–H groups in total. The van der Waals surface area contributed by atoms with Gasteiger partial charge in [-0.2, -0.15) is 9.78 Å². The predicted octanol–water partition coefficient (Wildman–Crippen LogP) is 6.22. The lowest BCUT2D eigenvalue weighted by Gasteiger charge is -2.45. The molecule has 1 spiro atoms. The molecule has 2 aliphatic rings. The van der Waals surface area contributed by atoms with Gasteiger partial charge in [0.05, 0.1) is 28.5 Å². The molecule has 8 nitrogen and oxygen atoms in total. The Labute approximate surface area is 199 Å². The highest BCUT2D eigenvalue weighted by Crippen LogP contribution is 2.49. The molecule has 1 saturated carbocycles. The SMILES string of the molecule is O=C(Nc1cccc2c1cnn2C(=O)O)NC1CC2(CCCCC2)Oc2c(Cl)cc(Cl)cc21. The van der Waals surface area contributed by atoms with Gasteiger partial charge < -0.3 is 20.5 Å². The van der Waals surface area contributed by atoms with Crippen LogP contribution in [0, 0.1) is 0 Å². The maximum Gasteiger partial charge on any atom is 0.432 e. The number of halogens is 2. The van der Waals surface area contributed by atoms with E-state index in [9.17, 15) is 14.7 Å². The van der Waals surface area contributed by atoms with Crippen molar-refractivity contribution in [2.45, 2.75) is 50.2 Å². The molecule has 5 rings (SSSR count). The van der Waals surface area contributed by atoms with Gasteiger partial charge in [-0.15, -0.1) is 0 Å². The summed E-state index contributed by atoms with van der Waals surface area (Å²) >= 11 is 12.7. The van der Waals surface area contributed by atoms with E-state index in [-0.39, 0.29) is 11.6 Å². The number of anilines is 1. The molecule has 1 atom stereocenters. The topological polar surface area (TPSA) is 105 Å². The van der Waals surface area contributed by atoms with Crippen LogP contribution in [0.5, 0.6) is 5.75 Å². The van der Waals surface area contributed by atoms with E-state index in [1.807, 2.05) is 0 Å². The molecule has 33 heavy (non-hydrogen) atoms.